The normalized spacial score (nSPS) is 19.3. The van der Waals surface area contributed by atoms with Gasteiger partial charge in [0.05, 0.1) is 30.8 Å². The van der Waals surface area contributed by atoms with Crippen LogP contribution in [-0.2, 0) is 9.53 Å². The number of morpholine rings is 1. The minimum atomic E-state index is -4.43. The number of carbonyl (C=O) groups excluding carboxylic acids is 1. The second-order valence-corrected chi connectivity index (χ2v) is 10.5. The molecule has 0 saturated carbocycles. The lowest BCUT2D eigenvalue weighted by atomic mass is 9.96. The summed E-state index contributed by atoms with van der Waals surface area (Å²) in [6, 6.07) is 23.2. The van der Waals surface area contributed by atoms with E-state index < -0.39 is 18.3 Å². The van der Waals surface area contributed by atoms with Crippen molar-refractivity contribution in [1.82, 2.24) is 4.90 Å². The summed E-state index contributed by atoms with van der Waals surface area (Å²) in [7, 11) is 0. The van der Waals surface area contributed by atoms with Crippen molar-refractivity contribution >= 4 is 35.0 Å². The van der Waals surface area contributed by atoms with Crippen molar-refractivity contribution < 1.29 is 27.8 Å². The van der Waals surface area contributed by atoms with Gasteiger partial charge in [0.15, 0.2) is 6.10 Å². The van der Waals surface area contributed by atoms with E-state index in [9.17, 15) is 23.1 Å². The van der Waals surface area contributed by atoms with Crippen LogP contribution in [0.1, 0.15) is 17.2 Å². The molecule has 2 aliphatic rings. The lowest BCUT2D eigenvalue weighted by Gasteiger charge is -2.35. The Kier molecular flexibility index (Phi) is 7.61. The van der Waals surface area contributed by atoms with E-state index in [1.165, 1.54) is 0 Å². The number of nitrogens with zero attached hydrogens (tertiary/aromatic N) is 2. The fraction of sp³-hybridized carbons (Fsp3) is 0.250. The highest BCUT2D eigenvalue weighted by atomic mass is 35.5. The number of aliphatic hydroxyl groups is 1. The molecule has 1 saturated heterocycles. The zero-order valence-corrected chi connectivity index (χ0v) is 21.6. The quantitative estimate of drug-likeness (QED) is 0.368. The van der Waals surface area contributed by atoms with Crippen LogP contribution in [0.2, 0.25) is 5.02 Å². The van der Waals surface area contributed by atoms with Crippen LogP contribution in [0, 0.1) is 0 Å². The van der Waals surface area contributed by atoms with Gasteiger partial charge in [-0.3, -0.25) is 4.79 Å². The Morgan fingerprint density at radius 3 is 2.32 bits per heavy atom. The van der Waals surface area contributed by atoms with E-state index in [0.717, 1.165) is 22.9 Å². The first-order valence-electron chi connectivity index (χ1n) is 12.0. The number of thioether (sulfide) groups is 1. The van der Waals surface area contributed by atoms with Crippen molar-refractivity contribution in [1.29, 1.82) is 0 Å². The monoisotopic (exact) mass is 560 g/mol. The number of carbonyl (C=O) groups is 1. The van der Waals surface area contributed by atoms with Crippen LogP contribution in [0.4, 0.5) is 18.9 Å². The molecule has 1 amide bonds. The van der Waals surface area contributed by atoms with Gasteiger partial charge in [-0.1, -0.05) is 78.0 Å². The summed E-state index contributed by atoms with van der Waals surface area (Å²) in [5, 5.41) is 11.3. The Hall–Kier alpha value is -3.14. The van der Waals surface area contributed by atoms with E-state index in [1.54, 1.807) is 40.1 Å². The zero-order chi connectivity index (χ0) is 26.9. The summed E-state index contributed by atoms with van der Waals surface area (Å²) < 4.78 is 44.5. The Morgan fingerprint density at radius 1 is 0.974 bits per heavy atom. The molecule has 198 valence electrons. The molecule has 38 heavy (non-hydrogen) atoms. The smallest absolute Gasteiger partial charge is 0.416 e. The van der Waals surface area contributed by atoms with Crippen molar-refractivity contribution in [3.63, 3.8) is 0 Å². The van der Waals surface area contributed by atoms with Gasteiger partial charge in [-0.25, -0.2) is 0 Å². The minimum absolute atomic E-state index is 0.0162. The number of hydrogen-bond acceptors (Lipinski definition) is 5. The summed E-state index contributed by atoms with van der Waals surface area (Å²) in [6.07, 6.45) is -6.26. The molecular formula is C28H24ClF3N2O3S. The van der Waals surface area contributed by atoms with Gasteiger partial charge >= 0.3 is 6.18 Å². The minimum Gasteiger partial charge on any atom is -0.509 e. The molecule has 3 aromatic rings. The van der Waals surface area contributed by atoms with Crippen molar-refractivity contribution in [3.8, 4) is 0 Å². The summed E-state index contributed by atoms with van der Waals surface area (Å²) in [5.74, 6) is -0.365. The molecule has 1 N–H and O–H groups in total. The first kappa shape index (κ1) is 26.5. The first-order chi connectivity index (χ1) is 18.2. The Balaban J connectivity index is 1.41. The molecule has 0 radical (unpaired) electrons. The van der Waals surface area contributed by atoms with E-state index in [0.29, 0.717) is 22.2 Å². The molecule has 2 atom stereocenters. The van der Waals surface area contributed by atoms with Gasteiger partial charge in [0.25, 0.3) is 5.91 Å². The molecular weight excluding hydrogens is 537 g/mol. The van der Waals surface area contributed by atoms with Crippen LogP contribution in [0.25, 0.3) is 0 Å². The predicted octanol–water partition coefficient (Wildman–Crippen LogP) is 6.60. The third-order valence-electron chi connectivity index (χ3n) is 6.52. The molecule has 0 spiro atoms. The third kappa shape index (κ3) is 5.50. The number of amides is 1. The average Bonchev–Trinajstić information content (AvgIpc) is 3.19. The van der Waals surface area contributed by atoms with Gasteiger partial charge in [-0.2, -0.15) is 13.2 Å². The highest BCUT2D eigenvalue weighted by Crippen LogP contribution is 2.41. The number of halogens is 4. The number of benzene rings is 3. The second kappa shape index (κ2) is 10.9. The van der Waals surface area contributed by atoms with E-state index in [4.69, 9.17) is 16.3 Å². The lowest BCUT2D eigenvalue weighted by Crippen LogP contribution is -2.49. The predicted molar refractivity (Wildman–Crippen MR) is 141 cm³/mol. The third-order valence-corrected chi connectivity index (χ3v) is 8.15. The first-order valence-corrected chi connectivity index (χ1v) is 13.2. The van der Waals surface area contributed by atoms with Crippen molar-refractivity contribution in [3.05, 3.63) is 106 Å². The zero-order valence-electron chi connectivity index (χ0n) is 20.1. The van der Waals surface area contributed by atoms with Crippen LogP contribution in [-0.4, -0.2) is 54.4 Å². The van der Waals surface area contributed by atoms with Crippen molar-refractivity contribution in [2.45, 2.75) is 23.2 Å². The number of rotatable bonds is 6. The molecule has 1 fully saturated rings. The van der Waals surface area contributed by atoms with Crippen LogP contribution in [0.3, 0.4) is 0 Å². The fourth-order valence-electron chi connectivity index (χ4n) is 4.64. The van der Waals surface area contributed by atoms with Gasteiger partial charge < -0.3 is 19.6 Å². The maximum Gasteiger partial charge on any atom is 0.416 e. The molecule has 0 aliphatic carbocycles. The lowest BCUT2D eigenvalue weighted by molar-refractivity contribution is -0.221. The molecule has 5 nitrogen and oxygen atoms in total. The summed E-state index contributed by atoms with van der Waals surface area (Å²) >= 11 is 7.40. The van der Waals surface area contributed by atoms with Crippen LogP contribution in [0.15, 0.2) is 94.4 Å². The number of alkyl halides is 3. The molecule has 2 heterocycles. The largest absolute Gasteiger partial charge is 0.509 e. The molecule has 2 aliphatic heterocycles. The molecule has 5 rings (SSSR count). The fourth-order valence-corrected chi connectivity index (χ4v) is 5.81. The molecule has 2 unspecified atom stereocenters. The SMILES string of the molecule is O=C1C(Sc2ccccc2Cl)=C(O)CN1C(c1ccccc1)c1ccc(N2CCOC(C(F)(F)F)C2)cc1. The summed E-state index contributed by atoms with van der Waals surface area (Å²) in [4.78, 5) is 17.7. The summed E-state index contributed by atoms with van der Waals surface area (Å²) in [6.45, 7) is 0.0659. The maximum atomic E-state index is 13.6. The van der Waals surface area contributed by atoms with E-state index >= 15 is 0 Å². The van der Waals surface area contributed by atoms with E-state index in [-0.39, 0.29) is 36.3 Å². The van der Waals surface area contributed by atoms with Crippen molar-refractivity contribution in [2.24, 2.45) is 0 Å². The Bertz CT molecular complexity index is 1340. The van der Waals surface area contributed by atoms with E-state index in [1.807, 2.05) is 48.5 Å². The highest BCUT2D eigenvalue weighted by Gasteiger charge is 2.43. The molecule has 10 heteroatoms. The number of ether oxygens (including phenoxy) is 1. The van der Waals surface area contributed by atoms with Gasteiger partial charge in [0, 0.05) is 17.1 Å². The molecule has 0 aromatic heterocycles. The topological polar surface area (TPSA) is 53.0 Å². The number of aliphatic hydroxyl groups excluding tert-OH is 1. The summed E-state index contributed by atoms with van der Waals surface area (Å²) in [5.41, 5.74) is 2.25. The number of hydrogen-bond donors (Lipinski definition) is 1. The van der Waals surface area contributed by atoms with Gasteiger partial charge in [-0.15, -0.1) is 0 Å². The standard InChI is InChI=1S/C28H24ClF3N2O3S/c29-21-8-4-5-9-23(21)38-26-22(35)16-34(27(26)36)25(18-6-2-1-3-7-18)19-10-12-20(13-11-19)33-14-15-37-24(17-33)28(30,31)32/h1-13,24-25,35H,14-17H2. The van der Waals surface area contributed by atoms with Crippen LogP contribution >= 0.6 is 23.4 Å². The second-order valence-electron chi connectivity index (χ2n) is 8.99. The average molecular weight is 561 g/mol. The Labute approximate surface area is 227 Å². The highest BCUT2D eigenvalue weighted by molar-refractivity contribution is 8.04. The van der Waals surface area contributed by atoms with Gasteiger partial charge in [0.2, 0.25) is 0 Å². The molecule has 3 aromatic carbocycles. The maximum absolute atomic E-state index is 13.6. The Morgan fingerprint density at radius 2 is 1.63 bits per heavy atom. The van der Waals surface area contributed by atoms with Crippen LogP contribution in [0.5, 0.6) is 0 Å². The van der Waals surface area contributed by atoms with Crippen LogP contribution < -0.4 is 4.90 Å². The van der Waals surface area contributed by atoms with Gasteiger partial charge in [-0.05, 0) is 35.4 Å². The van der Waals surface area contributed by atoms with Gasteiger partial charge in [0.1, 0.15) is 10.7 Å². The van der Waals surface area contributed by atoms with Crippen molar-refractivity contribution in [2.75, 3.05) is 31.1 Å². The molecule has 0 bridgehead atoms. The number of anilines is 1. The van der Waals surface area contributed by atoms with E-state index in [2.05, 4.69) is 0 Å².